The molecule has 0 radical (unpaired) electrons. The predicted octanol–water partition coefficient (Wildman–Crippen LogP) is 2.82. The Balaban J connectivity index is 3.56. The first-order chi connectivity index (χ1) is 5.82. The SMILES string of the molecule is Cc1cc(Br)c(F)c(S(=O)(=O)Cl)c1. The van der Waals surface area contributed by atoms with Crippen LogP contribution in [0, 0.1) is 12.7 Å². The normalized spacial score (nSPS) is 11.7. The van der Waals surface area contributed by atoms with Crippen molar-refractivity contribution in [3.8, 4) is 0 Å². The van der Waals surface area contributed by atoms with E-state index in [1.165, 1.54) is 12.1 Å². The summed E-state index contributed by atoms with van der Waals surface area (Å²) in [5.74, 6) is -0.861. The Morgan fingerprint density at radius 1 is 1.46 bits per heavy atom. The summed E-state index contributed by atoms with van der Waals surface area (Å²) in [5, 5.41) is 0. The zero-order chi connectivity index (χ0) is 10.2. The molecule has 1 aromatic rings. The van der Waals surface area contributed by atoms with E-state index in [4.69, 9.17) is 10.7 Å². The van der Waals surface area contributed by atoms with Gasteiger partial charge in [0, 0.05) is 10.7 Å². The van der Waals surface area contributed by atoms with Crippen LogP contribution in [0.15, 0.2) is 21.5 Å². The van der Waals surface area contributed by atoms with Crippen LogP contribution in [0.25, 0.3) is 0 Å². The third kappa shape index (κ3) is 2.42. The van der Waals surface area contributed by atoms with E-state index in [1.54, 1.807) is 6.92 Å². The number of hydrogen-bond acceptors (Lipinski definition) is 2. The Kier molecular flexibility index (Phi) is 2.99. The van der Waals surface area contributed by atoms with Crippen molar-refractivity contribution >= 4 is 35.7 Å². The van der Waals surface area contributed by atoms with Crippen molar-refractivity contribution in [2.75, 3.05) is 0 Å². The van der Waals surface area contributed by atoms with Gasteiger partial charge in [0.2, 0.25) is 0 Å². The first-order valence-electron chi connectivity index (χ1n) is 3.22. The lowest BCUT2D eigenvalue weighted by Crippen LogP contribution is -1.97. The second-order valence-corrected chi connectivity index (χ2v) is 5.89. The lowest BCUT2D eigenvalue weighted by Gasteiger charge is -2.02. The van der Waals surface area contributed by atoms with E-state index in [0.29, 0.717) is 5.56 Å². The number of hydrogen-bond donors (Lipinski definition) is 0. The molecular formula is C7H5BrClFO2S. The van der Waals surface area contributed by atoms with Gasteiger partial charge in [-0.2, -0.15) is 0 Å². The highest BCUT2D eigenvalue weighted by Crippen LogP contribution is 2.26. The third-order valence-corrected chi connectivity index (χ3v) is 3.30. The molecule has 0 saturated heterocycles. The quantitative estimate of drug-likeness (QED) is 0.744. The first kappa shape index (κ1) is 10.9. The van der Waals surface area contributed by atoms with Crippen LogP contribution in [-0.4, -0.2) is 8.42 Å². The van der Waals surface area contributed by atoms with Gasteiger partial charge in [0.1, 0.15) is 4.90 Å². The molecular weight excluding hydrogens is 282 g/mol. The molecule has 0 atom stereocenters. The summed E-state index contributed by atoms with van der Waals surface area (Å²) in [4.78, 5) is -0.499. The van der Waals surface area contributed by atoms with Gasteiger partial charge in [0.05, 0.1) is 4.47 Å². The molecule has 0 aliphatic carbocycles. The summed E-state index contributed by atoms with van der Waals surface area (Å²) < 4.78 is 35.0. The van der Waals surface area contributed by atoms with Crippen molar-refractivity contribution in [3.63, 3.8) is 0 Å². The molecule has 1 aromatic carbocycles. The Morgan fingerprint density at radius 2 is 2.00 bits per heavy atom. The molecule has 0 aliphatic heterocycles. The number of halogens is 3. The molecule has 0 spiro atoms. The molecule has 0 heterocycles. The topological polar surface area (TPSA) is 34.1 Å². The standard InChI is InChI=1S/C7H5BrClFO2S/c1-4-2-5(8)7(10)6(3-4)13(9,11)12/h2-3H,1H3. The summed E-state index contributed by atoms with van der Waals surface area (Å²) in [5.41, 5.74) is 0.618. The van der Waals surface area contributed by atoms with E-state index in [2.05, 4.69) is 15.9 Å². The van der Waals surface area contributed by atoms with Gasteiger partial charge in [-0.25, -0.2) is 12.8 Å². The smallest absolute Gasteiger partial charge is 0.207 e. The maximum atomic E-state index is 13.2. The fourth-order valence-electron chi connectivity index (χ4n) is 0.870. The van der Waals surface area contributed by atoms with Gasteiger partial charge in [-0.05, 0) is 40.5 Å². The van der Waals surface area contributed by atoms with Crippen LogP contribution in [0.1, 0.15) is 5.56 Å². The molecule has 0 unspecified atom stereocenters. The van der Waals surface area contributed by atoms with Crippen molar-refractivity contribution in [1.82, 2.24) is 0 Å². The van der Waals surface area contributed by atoms with Crippen LogP contribution in [0.3, 0.4) is 0 Å². The lowest BCUT2D eigenvalue weighted by atomic mass is 10.2. The summed E-state index contributed by atoms with van der Waals surface area (Å²) in [6.07, 6.45) is 0. The number of benzene rings is 1. The van der Waals surface area contributed by atoms with Gasteiger partial charge in [-0.3, -0.25) is 0 Å². The van der Waals surface area contributed by atoms with Crippen LogP contribution in [0.2, 0.25) is 0 Å². The summed E-state index contributed by atoms with van der Waals surface area (Å²) in [6, 6.07) is 2.66. The van der Waals surface area contributed by atoms with Gasteiger partial charge in [0.25, 0.3) is 9.05 Å². The molecule has 13 heavy (non-hydrogen) atoms. The van der Waals surface area contributed by atoms with Gasteiger partial charge < -0.3 is 0 Å². The number of rotatable bonds is 1. The summed E-state index contributed by atoms with van der Waals surface area (Å²) in [7, 11) is 1.01. The van der Waals surface area contributed by atoms with Crippen LogP contribution < -0.4 is 0 Å². The molecule has 6 heteroatoms. The average molecular weight is 288 g/mol. The van der Waals surface area contributed by atoms with Gasteiger partial charge in [-0.15, -0.1) is 0 Å². The monoisotopic (exact) mass is 286 g/mol. The fourth-order valence-corrected chi connectivity index (χ4v) is 2.56. The van der Waals surface area contributed by atoms with Crippen molar-refractivity contribution in [2.24, 2.45) is 0 Å². The molecule has 2 nitrogen and oxygen atoms in total. The average Bonchev–Trinajstić information content (AvgIpc) is 1.94. The zero-order valence-corrected chi connectivity index (χ0v) is 9.67. The van der Waals surface area contributed by atoms with Gasteiger partial charge in [-0.1, -0.05) is 0 Å². The highest BCUT2D eigenvalue weighted by atomic mass is 79.9. The number of aryl methyl sites for hydroxylation is 1. The predicted molar refractivity (Wildman–Crippen MR) is 51.9 cm³/mol. The van der Waals surface area contributed by atoms with Crippen molar-refractivity contribution < 1.29 is 12.8 Å². The Bertz CT molecular complexity index is 444. The van der Waals surface area contributed by atoms with Crippen LogP contribution in [-0.2, 0) is 9.05 Å². The summed E-state index contributed by atoms with van der Waals surface area (Å²) >= 11 is 2.89. The van der Waals surface area contributed by atoms with Crippen molar-refractivity contribution in [3.05, 3.63) is 28.0 Å². The minimum atomic E-state index is -4.01. The van der Waals surface area contributed by atoms with Crippen LogP contribution in [0.5, 0.6) is 0 Å². The molecule has 0 saturated carbocycles. The minimum absolute atomic E-state index is 0.0896. The maximum absolute atomic E-state index is 13.2. The highest BCUT2D eigenvalue weighted by Gasteiger charge is 2.18. The zero-order valence-electron chi connectivity index (χ0n) is 6.51. The van der Waals surface area contributed by atoms with E-state index in [0.717, 1.165) is 0 Å². The first-order valence-corrected chi connectivity index (χ1v) is 6.33. The molecule has 0 N–H and O–H groups in total. The minimum Gasteiger partial charge on any atom is -0.207 e. The van der Waals surface area contributed by atoms with Crippen molar-refractivity contribution in [2.45, 2.75) is 11.8 Å². The second-order valence-electron chi connectivity index (χ2n) is 2.50. The molecule has 0 bridgehead atoms. The largest absolute Gasteiger partial charge is 0.264 e. The third-order valence-electron chi connectivity index (χ3n) is 1.40. The van der Waals surface area contributed by atoms with Crippen LogP contribution >= 0.6 is 26.6 Å². The van der Waals surface area contributed by atoms with E-state index >= 15 is 0 Å². The Morgan fingerprint density at radius 3 is 2.46 bits per heavy atom. The lowest BCUT2D eigenvalue weighted by molar-refractivity contribution is 0.570. The molecule has 1 rings (SSSR count). The van der Waals surface area contributed by atoms with Crippen LogP contribution in [0.4, 0.5) is 4.39 Å². The molecule has 72 valence electrons. The molecule has 0 fully saturated rings. The van der Waals surface area contributed by atoms with E-state index < -0.39 is 19.8 Å². The van der Waals surface area contributed by atoms with E-state index in [9.17, 15) is 12.8 Å². The summed E-state index contributed by atoms with van der Waals surface area (Å²) in [6.45, 7) is 1.65. The highest BCUT2D eigenvalue weighted by molar-refractivity contribution is 9.10. The Labute approximate surface area is 88.3 Å². The second kappa shape index (κ2) is 3.55. The van der Waals surface area contributed by atoms with Gasteiger partial charge in [0.15, 0.2) is 5.82 Å². The molecule has 0 amide bonds. The fraction of sp³-hybridized carbons (Fsp3) is 0.143. The van der Waals surface area contributed by atoms with Crippen molar-refractivity contribution in [1.29, 1.82) is 0 Å². The van der Waals surface area contributed by atoms with E-state index in [-0.39, 0.29) is 4.47 Å². The molecule has 0 aliphatic rings. The Hall–Kier alpha value is -0.130. The van der Waals surface area contributed by atoms with E-state index in [1.807, 2.05) is 0 Å². The van der Waals surface area contributed by atoms with Gasteiger partial charge >= 0.3 is 0 Å². The maximum Gasteiger partial charge on any atom is 0.264 e. The molecule has 0 aromatic heterocycles.